The summed E-state index contributed by atoms with van der Waals surface area (Å²) in [5, 5.41) is 3.08. The summed E-state index contributed by atoms with van der Waals surface area (Å²) in [5.74, 6) is 1.41. The molecule has 1 unspecified atom stereocenters. The average Bonchev–Trinajstić information content (AvgIpc) is 3.35. The van der Waals surface area contributed by atoms with E-state index >= 15 is 0 Å². The SMILES string of the molecule is COc1ccc(N2CCN(CCNC(=O)C(C)c3cnc(-c4ccccc4)[nH]3)CC2)cc1. The third-order valence-electron chi connectivity index (χ3n) is 6.04. The van der Waals surface area contributed by atoms with Gasteiger partial charge in [-0.25, -0.2) is 4.98 Å². The summed E-state index contributed by atoms with van der Waals surface area (Å²) in [6, 6.07) is 18.1. The summed E-state index contributed by atoms with van der Waals surface area (Å²) < 4.78 is 5.24. The van der Waals surface area contributed by atoms with Crippen molar-refractivity contribution in [1.29, 1.82) is 0 Å². The van der Waals surface area contributed by atoms with Gasteiger partial charge in [-0.05, 0) is 31.2 Å². The second kappa shape index (κ2) is 10.3. The first-order valence-corrected chi connectivity index (χ1v) is 11.1. The van der Waals surface area contributed by atoms with E-state index in [2.05, 4.69) is 37.2 Å². The number of nitrogens with zero attached hydrogens (tertiary/aromatic N) is 3. The van der Waals surface area contributed by atoms with Gasteiger partial charge in [0.05, 0.1) is 13.0 Å². The highest BCUT2D eigenvalue weighted by Gasteiger charge is 2.20. The Bertz CT molecular complexity index is 995. The van der Waals surface area contributed by atoms with Gasteiger partial charge in [-0.2, -0.15) is 0 Å². The van der Waals surface area contributed by atoms with Gasteiger partial charge in [0, 0.05) is 62.4 Å². The molecular formula is C25H31N5O2. The first-order chi connectivity index (χ1) is 15.6. The van der Waals surface area contributed by atoms with E-state index in [1.165, 1.54) is 5.69 Å². The highest BCUT2D eigenvalue weighted by molar-refractivity contribution is 5.82. The van der Waals surface area contributed by atoms with Crippen molar-refractivity contribution in [2.24, 2.45) is 0 Å². The number of H-pyrrole nitrogens is 1. The molecule has 2 N–H and O–H groups in total. The van der Waals surface area contributed by atoms with Crippen LogP contribution in [0.4, 0.5) is 5.69 Å². The second-order valence-electron chi connectivity index (χ2n) is 8.09. The number of hydrogen-bond acceptors (Lipinski definition) is 5. The van der Waals surface area contributed by atoms with E-state index in [1.54, 1.807) is 13.3 Å². The number of carbonyl (C=O) groups excluding carboxylic acids is 1. The minimum Gasteiger partial charge on any atom is -0.497 e. The number of benzene rings is 2. The number of imidazole rings is 1. The number of aromatic amines is 1. The van der Waals surface area contributed by atoms with Crippen molar-refractivity contribution in [2.75, 3.05) is 51.3 Å². The minimum atomic E-state index is -0.271. The van der Waals surface area contributed by atoms with Crippen molar-refractivity contribution >= 4 is 11.6 Å². The Labute approximate surface area is 189 Å². The Morgan fingerprint density at radius 2 is 1.81 bits per heavy atom. The maximum Gasteiger partial charge on any atom is 0.228 e. The second-order valence-corrected chi connectivity index (χ2v) is 8.09. The number of piperazine rings is 1. The first-order valence-electron chi connectivity index (χ1n) is 11.1. The van der Waals surface area contributed by atoms with Gasteiger partial charge >= 0.3 is 0 Å². The van der Waals surface area contributed by atoms with Gasteiger partial charge in [-0.1, -0.05) is 30.3 Å². The van der Waals surface area contributed by atoms with Crippen LogP contribution in [0.5, 0.6) is 5.75 Å². The number of rotatable bonds is 8. The summed E-state index contributed by atoms with van der Waals surface area (Å²) in [4.78, 5) is 25.1. The van der Waals surface area contributed by atoms with Gasteiger partial charge in [0.15, 0.2) is 0 Å². The Hall–Kier alpha value is -3.32. The summed E-state index contributed by atoms with van der Waals surface area (Å²) in [5.41, 5.74) is 3.07. The van der Waals surface area contributed by atoms with Crippen molar-refractivity contribution in [2.45, 2.75) is 12.8 Å². The molecule has 0 radical (unpaired) electrons. The van der Waals surface area contributed by atoms with Crippen LogP contribution < -0.4 is 15.0 Å². The number of nitrogens with one attached hydrogen (secondary N) is 2. The number of methoxy groups -OCH3 is 1. The van der Waals surface area contributed by atoms with E-state index in [-0.39, 0.29) is 11.8 Å². The van der Waals surface area contributed by atoms with Crippen LogP contribution >= 0.6 is 0 Å². The molecule has 1 aliphatic rings. The molecule has 2 heterocycles. The summed E-state index contributed by atoms with van der Waals surface area (Å²) in [6.07, 6.45) is 1.75. The Balaban J connectivity index is 1.20. The van der Waals surface area contributed by atoms with E-state index in [0.29, 0.717) is 6.54 Å². The standard InChI is InChI=1S/C25H31N5O2/c1-19(23-18-27-24(28-23)20-6-4-3-5-7-20)25(31)26-12-13-29-14-16-30(17-15-29)21-8-10-22(32-2)11-9-21/h3-11,18-19H,12-17H2,1-2H3,(H,26,31)(H,27,28). The molecule has 4 rings (SSSR count). The number of amides is 1. The quantitative estimate of drug-likeness (QED) is 0.571. The third kappa shape index (κ3) is 5.29. The van der Waals surface area contributed by atoms with Crippen LogP contribution in [0, 0.1) is 0 Å². The van der Waals surface area contributed by atoms with Crippen LogP contribution in [0.1, 0.15) is 18.5 Å². The largest absolute Gasteiger partial charge is 0.497 e. The lowest BCUT2D eigenvalue weighted by molar-refractivity contribution is -0.122. The van der Waals surface area contributed by atoms with Gasteiger partial charge in [-0.15, -0.1) is 0 Å². The van der Waals surface area contributed by atoms with Crippen LogP contribution in [-0.4, -0.2) is 67.2 Å². The number of ether oxygens (including phenoxy) is 1. The maximum absolute atomic E-state index is 12.6. The first kappa shape index (κ1) is 21.9. The van der Waals surface area contributed by atoms with Crippen LogP contribution in [0.3, 0.4) is 0 Å². The van der Waals surface area contributed by atoms with Crippen molar-refractivity contribution in [1.82, 2.24) is 20.2 Å². The summed E-state index contributed by atoms with van der Waals surface area (Å²) >= 11 is 0. The molecule has 1 amide bonds. The van der Waals surface area contributed by atoms with Crippen molar-refractivity contribution < 1.29 is 9.53 Å². The van der Waals surface area contributed by atoms with Crippen molar-refractivity contribution in [3.63, 3.8) is 0 Å². The highest BCUT2D eigenvalue weighted by atomic mass is 16.5. The molecule has 0 saturated carbocycles. The zero-order valence-electron chi connectivity index (χ0n) is 18.8. The molecule has 1 aliphatic heterocycles. The molecule has 1 aromatic heterocycles. The molecule has 32 heavy (non-hydrogen) atoms. The maximum atomic E-state index is 12.6. The normalized spacial score (nSPS) is 15.4. The molecule has 7 heteroatoms. The smallest absolute Gasteiger partial charge is 0.228 e. The fraction of sp³-hybridized carbons (Fsp3) is 0.360. The molecule has 7 nitrogen and oxygen atoms in total. The Morgan fingerprint density at radius 3 is 2.50 bits per heavy atom. The summed E-state index contributed by atoms with van der Waals surface area (Å²) in [7, 11) is 1.68. The monoisotopic (exact) mass is 433 g/mol. The van der Waals surface area contributed by atoms with Crippen molar-refractivity contribution in [3.05, 3.63) is 66.5 Å². The van der Waals surface area contributed by atoms with E-state index < -0.39 is 0 Å². The fourth-order valence-corrected chi connectivity index (χ4v) is 3.95. The van der Waals surface area contributed by atoms with E-state index in [9.17, 15) is 4.79 Å². The minimum absolute atomic E-state index is 0.0186. The van der Waals surface area contributed by atoms with Crippen LogP contribution in [0.2, 0.25) is 0 Å². The van der Waals surface area contributed by atoms with Crippen LogP contribution in [0.15, 0.2) is 60.8 Å². The predicted octanol–water partition coefficient (Wildman–Crippen LogP) is 3.13. The molecule has 0 spiro atoms. The Morgan fingerprint density at radius 1 is 1.09 bits per heavy atom. The molecule has 2 aromatic carbocycles. The van der Waals surface area contributed by atoms with E-state index in [4.69, 9.17) is 4.74 Å². The zero-order valence-corrected chi connectivity index (χ0v) is 18.8. The third-order valence-corrected chi connectivity index (χ3v) is 6.04. The van der Waals surface area contributed by atoms with E-state index in [0.717, 1.165) is 55.6 Å². The number of carbonyl (C=O) groups is 1. The summed E-state index contributed by atoms with van der Waals surface area (Å²) in [6.45, 7) is 7.33. The van der Waals surface area contributed by atoms with Gasteiger partial charge in [0.1, 0.15) is 11.6 Å². The van der Waals surface area contributed by atoms with E-state index in [1.807, 2.05) is 49.4 Å². The molecule has 0 bridgehead atoms. The molecule has 1 atom stereocenters. The lowest BCUT2D eigenvalue weighted by Crippen LogP contribution is -2.48. The van der Waals surface area contributed by atoms with Crippen LogP contribution in [0.25, 0.3) is 11.4 Å². The number of anilines is 1. The zero-order chi connectivity index (χ0) is 22.3. The van der Waals surface area contributed by atoms with Gasteiger partial charge in [0.25, 0.3) is 0 Å². The predicted molar refractivity (Wildman–Crippen MR) is 127 cm³/mol. The van der Waals surface area contributed by atoms with Crippen LogP contribution in [-0.2, 0) is 4.79 Å². The van der Waals surface area contributed by atoms with Gasteiger partial charge < -0.3 is 19.9 Å². The number of hydrogen-bond donors (Lipinski definition) is 2. The van der Waals surface area contributed by atoms with Gasteiger partial charge in [0.2, 0.25) is 5.91 Å². The molecule has 168 valence electrons. The molecule has 1 fully saturated rings. The van der Waals surface area contributed by atoms with Crippen molar-refractivity contribution in [3.8, 4) is 17.1 Å². The fourth-order valence-electron chi connectivity index (χ4n) is 3.95. The average molecular weight is 434 g/mol. The molecular weight excluding hydrogens is 402 g/mol. The lowest BCUT2D eigenvalue weighted by atomic mass is 10.1. The van der Waals surface area contributed by atoms with Gasteiger partial charge in [-0.3, -0.25) is 9.69 Å². The highest BCUT2D eigenvalue weighted by Crippen LogP contribution is 2.21. The molecule has 1 saturated heterocycles. The topological polar surface area (TPSA) is 73.5 Å². The lowest BCUT2D eigenvalue weighted by Gasteiger charge is -2.36. The number of aromatic nitrogens is 2. The molecule has 0 aliphatic carbocycles. The molecule has 3 aromatic rings. The Kier molecular flexibility index (Phi) is 7.07.